The number of rotatable bonds is 10. The number of aliphatic imine (C=N–C) groups is 1. The van der Waals surface area contributed by atoms with Crippen LogP contribution in [0.4, 0.5) is 0 Å². The molecule has 0 bridgehead atoms. The Morgan fingerprint density at radius 3 is 2.64 bits per heavy atom. The number of likely N-dealkylation sites (tertiary alicyclic amines) is 1. The lowest BCUT2D eigenvalue weighted by Crippen LogP contribution is -2.49. The predicted molar refractivity (Wildman–Crippen MR) is 130 cm³/mol. The molecule has 1 saturated heterocycles. The number of aromatic nitrogens is 2. The van der Waals surface area contributed by atoms with Crippen LogP contribution in [0.3, 0.4) is 0 Å². The second-order valence-corrected chi connectivity index (χ2v) is 8.10. The van der Waals surface area contributed by atoms with Crippen LogP contribution in [0.15, 0.2) is 23.7 Å². The fourth-order valence-corrected chi connectivity index (χ4v) is 3.78. The van der Waals surface area contributed by atoms with Gasteiger partial charge < -0.3 is 19.7 Å². The molecule has 2 unspecified atom stereocenters. The van der Waals surface area contributed by atoms with E-state index < -0.39 is 0 Å². The lowest BCUT2D eigenvalue weighted by atomic mass is 9.93. The van der Waals surface area contributed by atoms with E-state index in [1.165, 1.54) is 45.1 Å². The van der Waals surface area contributed by atoms with Gasteiger partial charge in [0, 0.05) is 38.6 Å². The summed E-state index contributed by atoms with van der Waals surface area (Å²) in [6, 6.07) is 0.474. The van der Waals surface area contributed by atoms with Gasteiger partial charge in [0.05, 0.1) is 12.4 Å². The van der Waals surface area contributed by atoms with E-state index in [1.54, 1.807) is 0 Å². The molecule has 7 heteroatoms. The second kappa shape index (κ2) is 14.2. The minimum atomic E-state index is 0. The van der Waals surface area contributed by atoms with Gasteiger partial charge in [-0.3, -0.25) is 4.99 Å². The van der Waals surface area contributed by atoms with Crippen molar-refractivity contribution in [2.45, 2.75) is 58.4 Å². The van der Waals surface area contributed by atoms with Crippen molar-refractivity contribution in [3.8, 4) is 0 Å². The van der Waals surface area contributed by atoms with Crippen LogP contribution in [0.2, 0.25) is 0 Å². The van der Waals surface area contributed by atoms with Crippen LogP contribution in [0.1, 0.15) is 58.4 Å². The number of nitrogens with zero attached hydrogens (tertiary/aromatic N) is 5. The van der Waals surface area contributed by atoms with Crippen molar-refractivity contribution in [3.63, 3.8) is 0 Å². The Morgan fingerprint density at radius 2 is 1.96 bits per heavy atom. The Hall–Kier alpha value is -0.830. The van der Waals surface area contributed by atoms with Crippen molar-refractivity contribution in [1.82, 2.24) is 24.7 Å². The van der Waals surface area contributed by atoms with E-state index in [4.69, 9.17) is 4.99 Å². The van der Waals surface area contributed by atoms with Gasteiger partial charge in [0.1, 0.15) is 0 Å². The number of hydrogen-bond donors (Lipinski definition) is 1. The molecule has 1 aromatic heterocycles. The molecule has 0 aromatic carbocycles. The average molecular weight is 505 g/mol. The molecular weight excluding hydrogens is 463 g/mol. The van der Waals surface area contributed by atoms with Crippen LogP contribution in [0, 0.1) is 5.92 Å². The van der Waals surface area contributed by atoms with Crippen LogP contribution in [-0.4, -0.2) is 72.1 Å². The molecule has 1 aromatic rings. The molecule has 1 N–H and O–H groups in total. The predicted octanol–water partition coefficient (Wildman–Crippen LogP) is 3.86. The third kappa shape index (κ3) is 8.68. The van der Waals surface area contributed by atoms with Gasteiger partial charge in [0.15, 0.2) is 5.96 Å². The first-order valence-electron chi connectivity index (χ1n) is 10.8. The highest BCUT2D eigenvalue weighted by Gasteiger charge is 2.28. The summed E-state index contributed by atoms with van der Waals surface area (Å²) in [6.07, 6.45) is 13.5. The van der Waals surface area contributed by atoms with Crippen molar-refractivity contribution in [3.05, 3.63) is 18.7 Å². The molecule has 1 aliphatic rings. The first-order chi connectivity index (χ1) is 13.1. The maximum absolute atomic E-state index is 4.92. The molecule has 28 heavy (non-hydrogen) atoms. The minimum absolute atomic E-state index is 0. The Labute approximate surface area is 189 Å². The standard InChI is InChI=1S/C21H40N6.HI/c1-5-23-21(24-12-9-7-6-8-10-14-25(3)4)26-15-11-19(2)20(17-26)27-16-13-22-18-27;/h13,16,18-20H,5-12,14-15,17H2,1-4H3,(H,23,24);1H. The van der Waals surface area contributed by atoms with Gasteiger partial charge in [0.2, 0.25) is 0 Å². The molecule has 0 radical (unpaired) electrons. The second-order valence-electron chi connectivity index (χ2n) is 8.10. The van der Waals surface area contributed by atoms with E-state index in [0.29, 0.717) is 12.0 Å². The highest BCUT2D eigenvalue weighted by molar-refractivity contribution is 14.0. The summed E-state index contributed by atoms with van der Waals surface area (Å²) in [7, 11) is 4.30. The summed E-state index contributed by atoms with van der Waals surface area (Å²) < 4.78 is 2.26. The van der Waals surface area contributed by atoms with Gasteiger partial charge in [-0.05, 0) is 52.7 Å². The van der Waals surface area contributed by atoms with E-state index >= 15 is 0 Å². The smallest absolute Gasteiger partial charge is 0.193 e. The third-order valence-electron chi connectivity index (χ3n) is 5.49. The highest BCUT2D eigenvalue weighted by Crippen LogP contribution is 2.27. The molecule has 0 spiro atoms. The maximum atomic E-state index is 4.92. The van der Waals surface area contributed by atoms with E-state index in [0.717, 1.165) is 32.1 Å². The first kappa shape index (κ1) is 25.2. The monoisotopic (exact) mass is 504 g/mol. The van der Waals surface area contributed by atoms with Gasteiger partial charge in [-0.25, -0.2) is 4.98 Å². The SMILES string of the molecule is CCNC(=NCCCCCCCN(C)C)N1CCC(C)C(n2ccnc2)C1.I. The summed E-state index contributed by atoms with van der Waals surface area (Å²) in [6.45, 7) is 9.65. The summed E-state index contributed by atoms with van der Waals surface area (Å²) in [5, 5.41) is 3.50. The Balaban J connectivity index is 0.00000392. The van der Waals surface area contributed by atoms with Crippen molar-refractivity contribution in [2.24, 2.45) is 10.9 Å². The molecule has 2 rings (SSSR count). The number of imidazole rings is 1. The van der Waals surface area contributed by atoms with Crippen LogP contribution in [-0.2, 0) is 0 Å². The molecule has 2 heterocycles. The number of piperidine rings is 1. The van der Waals surface area contributed by atoms with Crippen molar-refractivity contribution in [2.75, 3.05) is 46.8 Å². The largest absolute Gasteiger partial charge is 0.357 e. The van der Waals surface area contributed by atoms with Gasteiger partial charge in [-0.15, -0.1) is 24.0 Å². The lowest BCUT2D eigenvalue weighted by Gasteiger charge is -2.39. The van der Waals surface area contributed by atoms with E-state index in [2.05, 4.69) is 58.8 Å². The highest BCUT2D eigenvalue weighted by atomic mass is 127. The van der Waals surface area contributed by atoms with Crippen molar-refractivity contribution < 1.29 is 0 Å². The number of hydrogen-bond acceptors (Lipinski definition) is 3. The number of unbranched alkanes of at least 4 members (excludes halogenated alkanes) is 4. The molecular formula is C21H41IN6. The number of halogens is 1. The minimum Gasteiger partial charge on any atom is -0.357 e. The van der Waals surface area contributed by atoms with Crippen LogP contribution >= 0.6 is 24.0 Å². The third-order valence-corrected chi connectivity index (χ3v) is 5.49. The molecule has 1 aliphatic heterocycles. The topological polar surface area (TPSA) is 48.7 Å². The lowest BCUT2D eigenvalue weighted by molar-refractivity contribution is 0.189. The van der Waals surface area contributed by atoms with Gasteiger partial charge in [0.25, 0.3) is 0 Å². The van der Waals surface area contributed by atoms with Crippen LogP contribution < -0.4 is 5.32 Å². The summed E-state index contributed by atoms with van der Waals surface area (Å²) in [4.78, 5) is 13.9. The molecule has 6 nitrogen and oxygen atoms in total. The Bertz CT molecular complexity index is 531. The van der Waals surface area contributed by atoms with E-state index in [-0.39, 0.29) is 24.0 Å². The summed E-state index contributed by atoms with van der Waals surface area (Å²) in [5.74, 6) is 1.75. The van der Waals surface area contributed by atoms with Gasteiger partial charge >= 0.3 is 0 Å². The van der Waals surface area contributed by atoms with Gasteiger partial charge in [-0.2, -0.15) is 0 Å². The number of nitrogens with one attached hydrogen (secondary N) is 1. The molecule has 2 atom stereocenters. The average Bonchev–Trinajstić information content (AvgIpc) is 3.17. The van der Waals surface area contributed by atoms with Crippen LogP contribution in [0.25, 0.3) is 0 Å². The quantitative estimate of drug-likeness (QED) is 0.228. The Kier molecular flexibility index (Phi) is 12.8. The fourth-order valence-electron chi connectivity index (χ4n) is 3.78. The van der Waals surface area contributed by atoms with Crippen molar-refractivity contribution in [1.29, 1.82) is 0 Å². The van der Waals surface area contributed by atoms with E-state index in [1.807, 2.05) is 12.5 Å². The normalized spacial score (nSPS) is 20.3. The fraction of sp³-hybridized carbons (Fsp3) is 0.810. The zero-order valence-electron chi connectivity index (χ0n) is 18.3. The van der Waals surface area contributed by atoms with Crippen LogP contribution in [0.5, 0.6) is 0 Å². The molecule has 162 valence electrons. The van der Waals surface area contributed by atoms with Gasteiger partial charge in [-0.1, -0.05) is 26.2 Å². The maximum Gasteiger partial charge on any atom is 0.193 e. The van der Waals surface area contributed by atoms with E-state index in [9.17, 15) is 0 Å². The zero-order valence-corrected chi connectivity index (χ0v) is 20.6. The first-order valence-corrected chi connectivity index (χ1v) is 10.8. The molecule has 0 amide bonds. The Morgan fingerprint density at radius 1 is 1.21 bits per heavy atom. The number of guanidine groups is 1. The molecule has 1 fully saturated rings. The molecule has 0 aliphatic carbocycles. The zero-order chi connectivity index (χ0) is 19.5. The summed E-state index contributed by atoms with van der Waals surface area (Å²) >= 11 is 0. The van der Waals surface area contributed by atoms with Crippen molar-refractivity contribution >= 4 is 29.9 Å². The summed E-state index contributed by atoms with van der Waals surface area (Å²) in [5.41, 5.74) is 0. The molecule has 0 saturated carbocycles.